The number of hydrogen-bond donors (Lipinski definition) is 2. The third-order valence-electron chi connectivity index (χ3n) is 12.2. The number of rotatable bonds is 45. The number of hydrogen-bond acceptors (Lipinski definition) is 6. The second-order valence-electron chi connectivity index (χ2n) is 17.9. The van der Waals surface area contributed by atoms with E-state index in [2.05, 4.69) is 20.8 Å². The second kappa shape index (κ2) is 40.0. The van der Waals surface area contributed by atoms with Crippen molar-refractivity contribution in [1.82, 2.24) is 0 Å². The third kappa shape index (κ3) is 28.7. The predicted molar refractivity (Wildman–Crippen MR) is 257 cm³/mol. The Morgan fingerprint density at radius 2 is 0.733 bits per heavy atom. The fraction of sp³-hybridized carbons (Fsp3) is 0.815. The van der Waals surface area contributed by atoms with Crippen molar-refractivity contribution in [3.05, 3.63) is 35.9 Å². The van der Waals surface area contributed by atoms with E-state index in [0.29, 0.717) is 13.2 Å². The van der Waals surface area contributed by atoms with Gasteiger partial charge in [0, 0.05) is 24.0 Å². The second-order valence-corrected chi connectivity index (χ2v) is 17.9. The van der Waals surface area contributed by atoms with Gasteiger partial charge in [-0.25, -0.2) is 0 Å². The maximum atomic E-state index is 10.7. The highest BCUT2D eigenvalue weighted by Gasteiger charge is 2.16. The van der Waals surface area contributed by atoms with E-state index in [1.165, 1.54) is 193 Å². The van der Waals surface area contributed by atoms with Crippen LogP contribution >= 0.6 is 0 Å². The van der Waals surface area contributed by atoms with Crippen LogP contribution in [0.25, 0.3) is 10.8 Å². The normalized spacial score (nSPS) is 12.7. The van der Waals surface area contributed by atoms with E-state index in [0.717, 1.165) is 47.1 Å². The van der Waals surface area contributed by atoms with Crippen LogP contribution < -0.4 is 9.47 Å². The van der Waals surface area contributed by atoms with E-state index < -0.39 is 12.2 Å². The van der Waals surface area contributed by atoms with Gasteiger partial charge < -0.3 is 29.2 Å². The zero-order valence-corrected chi connectivity index (χ0v) is 39.6. The van der Waals surface area contributed by atoms with Crippen LogP contribution in [0.3, 0.4) is 0 Å². The van der Waals surface area contributed by atoms with Crippen LogP contribution in [-0.2, 0) is 15.9 Å². The first-order valence-electron chi connectivity index (χ1n) is 25.9. The fourth-order valence-electron chi connectivity index (χ4n) is 8.33. The van der Waals surface area contributed by atoms with Crippen LogP contribution in [0.15, 0.2) is 30.3 Å². The molecule has 6 nitrogen and oxygen atoms in total. The molecule has 2 aromatic carbocycles. The summed E-state index contributed by atoms with van der Waals surface area (Å²) in [6.45, 7) is 8.93. The van der Waals surface area contributed by atoms with Crippen LogP contribution in [0, 0.1) is 0 Å². The van der Waals surface area contributed by atoms with Gasteiger partial charge >= 0.3 is 0 Å². The van der Waals surface area contributed by atoms with Crippen molar-refractivity contribution in [3.8, 4) is 11.5 Å². The zero-order valence-electron chi connectivity index (χ0n) is 39.6. The van der Waals surface area contributed by atoms with Crippen LogP contribution in [0.4, 0.5) is 0 Å². The van der Waals surface area contributed by atoms with Crippen LogP contribution in [0.1, 0.15) is 232 Å². The molecule has 0 bridgehead atoms. The van der Waals surface area contributed by atoms with Gasteiger partial charge in [0.1, 0.15) is 36.9 Å². The summed E-state index contributed by atoms with van der Waals surface area (Å²) in [4.78, 5) is 0. The summed E-state index contributed by atoms with van der Waals surface area (Å²) in [5, 5.41) is 23.2. The quantitative estimate of drug-likeness (QED) is 0.0647. The lowest BCUT2D eigenvalue weighted by Crippen LogP contribution is -2.24. The predicted octanol–water partition coefficient (Wildman–Crippen LogP) is 15.4. The Morgan fingerprint density at radius 3 is 1.10 bits per heavy atom. The van der Waals surface area contributed by atoms with E-state index in [1.807, 2.05) is 30.3 Å². The average molecular weight is 841 g/mol. The highest BCUT2D eigenvalue weighted by atomic mass is 16.5. The summed E-state index contributed by atoms with van der Waals surface area (Å²) in [7, 11) is 0. The van der Waals surface area contributed by atoms with Gasteiger partial charge in [0.25, 0.3) is 0 Å². The lowest BCUT2D eigenvalue weighted by atomic mass is 10.0. The number of unbranched alkanes of at least 4 members (excludes halogenated alkanes) is 30. The number of benzene rings is 2. The summed E-state index contributed by atoms with van der Waals surface area (Å²) < 4.78 is 24.1. The van der Waals surface area contributed by atoms with Gasteiger partial charge in [-0.15, -0.1) is 0 Å². The number of aryl methyl sites for hydroxylation is 1. The molecule has 60 heavy (non-hydrogen) atoms. The minimum Gasteiger partial charge on any atom is -0.490 e. The van der Waals surface area contributed by atoms with Gasteiger partial charge in [-0.3, -0.25) is 0 Å². The Kier molecular flexibility index (Phi) is 36.1. The molecule has 0 fully saturated rings. The SMILES string of the molecule is CCCCCCCCCCCCCCCCCCOCC(O)COc1cc(CC)c(OCC(O)COCCCCCCCCCCCCCCCCCC)c2ccccc12. The molecule has 0 aliphatic rings. The Labute approximate surface area is 370 Å². The summed E-state index contributed by atoms with van der Waals surface area (Å²) >= 11 is 0. The third-order valence-corrected chi connectivity index (χ3v) is 12.2. The molecule has 348 valence electrons. The summed E-state index contributed by atoms with van der Waals surface area (Å²) in [5.74, 6) is 1.51. The van der Waals surface area contributed by atoms with Gasteiger partial charge in [0.05, 0.1) is 13.2 Å². The molecule has 0 heterocycles. The molecular weight excluding hydrogens is 745 g/mol. The van der Waals surface area contributed by atoms with Gasteiger partial charge in [-0.05, 0) is 30.9 Å². The van der Waals surface area contributed by atoms with E-state index in [4.69, 9.17) is 18.9 Å². The molecule has 0 saturated heterocycles. The lowest BCUT2D eigenvalue weighted by molar-refractivity contribution is 0.0106. The summed E-state index contributed by atoms with van der Waals surface area (Å²) in [6, 6.07) is 10.1. The van der Waals surface area contributed by atoms with E-state index in [9.17, 15) is 10.2 Å². The van der Waals surface area contributed by atoms with E-state index in [1.54, 1.807) is 0 Å². The molecule has 0 radical (unpaired) electrons. The highest BCUT2D eigenvalue weighted by molar-refractivity contribution is 5.94. The molecule has 2 aromatic rings. The van der Waals surface area contributed by atoms with Gasteiger partial charge in [-0.2, -0.15) is 0 Å². The standard InChI is InChI=1S/C54H96O6/c1-4-7-9-11-13-15-17-19-21-23-25-27-29-31-33-37-41-57-44-49(55)46-59-53-43-48(6-3)54(52-40-36-35-39-51(52)53)60-47-50(56)45-58-42-38-34-32-30-28-26-24-22-20-18-16-14-12-10-8-5-2/h35-36,39-40,43,49-50,55-56H,4-34,37-38,41-42,44-47H2,1-3H3. The minimum absolute atomic E-state index is 0.168. The fourth-order valence-corrected chi connectivity index (χ4v) is 8.33. The van der Waals surface area contributed by atoms with Crippen molar-refractivity contribution in [2.75, 3.05) is 39.6 Å². The molecular formula is C54H96O6. The molecule has 2 rings (SSSR count). The van der Waals surface area contributed by atoms with Gasteiger partial charge in [-0.1, -0.05) is 238 Å². The minimum atomic E-state index is -0.695. The van der Waals surface area contributed by atoms with Crippen LogP contribution in [0.2, 0.25) is 0 Å². The van der Waals surface area contributed by atoms with Crippen LogP contribution in [0.5, 0.6) is 11.5 Å². The Hall–Kier alpha value is -1.86. The molecule has 2 atom stereocenters. The first kappa shape index (κ1) is 54.3. The monoisotopic (exact) mass is 841 g/mol. The molecule has 0 saturated carbocycles. The molecule has 2 N–H and O–H groups in total. The summed E-state index contributed by atoms with van der Waals surface area (Å²) in [5.41, 5.74) is 1.01. The first-order chi connectivity index (χ1) is 29.6. The Balaban J connectivity index is 1.52. The van der Waals surface area contributed by atoms with Crippen molar-refractivity contribution in [1.29, 1.82) is 0 Å². The molecule has 2 unspecified atom stereocenters. The molecule has 0 aliphatic heterocycles. The van der Waals surface area contributed by atoms with Crippen molar-refractivity contribution in [3.63, 3.8) is 0 Å². The lowest BCUT2D eigenvalue weighted by Gasteiger charge is -2.20. The first-order valence-corrected chi connectivity index (χ1v) is 25.9. The number of aliphatic hydroxyl groups excluding tert-OH is 2. The molecule has 0 aromatic heterocycles. The summed E-state index contributed by atoms with van der Waals surface area (Å²) in [6.07, 6.45) is 42.7. The van der Waals surface area contributed by atoms with Crippen molar-refractivity contribution < 1.29 is 29.2 Å². The van der Waals surface area contributed by atoms with Crippen molar-refractivity contribution in [2.24, 2.45) is 0 Å². The van der Waals surface area contributed by atoms with E-state index >= 15 is 0 Å². The average Bonchev–Trinajstić information content (AvgIpc) is 3.26. The maximum absolute atomic E-state index is 10.7. The number of fused-ring (bicyclic) bond motifs is 1. The molecule has 0 amide bonds. The smallest absolute Gasteiger partial charge is 0.130 e. The topological polar surface area (TPSA) is 77.4 Å². The largest absolute Gasteiger partial charge is 0.490 e. The zero-order chi connectivity index (χ0) is 43.0. The maximum Gasteiger partial charge on any atom is 0.130 e. The Morgan fingerprint density at radius 1 is 0.400 bits per heavy atom. The van der Waals surface area contributed by atoms with E-state index in [-0.39, 0.29) is 26.4 Å². The number of ether oxygens (including phenoxy) is 4. The van der Waals surface area contributed by atoms with Gasteiger partial charge in [0.2, 0.25) is 0 Å². The number of aliphatic hydroxyl groups is 2. The van der Waals surface area contributed by atoms with Gasteiger partial charge in [0.15, 0.2) is 0 Å². The molecule has 0 spiro atoms. The molecule has 0 aliphatic carbocycles. The molecule has 6 heteroatoms. The Bertz CT molecular complexity index is 1220. The van der Waals surface area contributed by atoms with Crippen molar-refractivity contribution >= 4 is 10.8 Å². The van der Waals surface area contributed by atoms with Crippen molar-refractivity contribution in [2.45, 2.75) is 245 Å². The highest BCUT2D eigenvalue weighted by Crippen LogP contribution is 2.37. The van der Waals surface area contributed by atoms with Crippen LogP contribution in [-0.4, -0.2) is 62.1 Å².